The summed E-state index contributed by atoms with van der Waals surface area (Å²) < 4.78 is 1.66. The molecule has 1 aromatic carbocycles. The van der Waals surface area contributed by atoms with E-state index >= 15 is 0 Å². The van der Waals surface area contributed by atoms with Gasteiger partial charge in [-0.3, -0.25) is 14.3 Å². The number of aromatic nitrogens is 2. The van der Waals surface area contributed by atoms with Crippen molar-refractivity contribution in [2.24, 2.45) is 0 Å². The predicted molar refractivity (Wildman–Crippen MR) is 83.6 cm³/mol. The minimum Gasteiger partial charge on any atom is -0.372 e. The van der Waals surface area contributed by atoms with E-state index in [0.717, 1.165) is 0 Å². The summed E-state index contributed by atoms with van der Waals surface area (Å²) in [5, 5.41) is 17.1. The summed E-state index contributed by atoms with van der Waals surface area (Å²) in [4.78, 5) is 26.1. The number of aliphatic hydroxyl groups is 1. The monoisotopic (exact) mass is 314 g/mol. The highest BCUT2D eigenvalue weighted by molar-refractivity contribution is 6.16. The van der Waals surface area contributed by atoms with E-state index in [1.165, 1.54) is 4.90 Å². The molecule has 1 fully saturated rings. The van der Waals surface area contributed by atoms with Crippen molar-refractivity contribution in [1.82, 2.24) is 15.1 Å². The predicted octanol–water partition coefficient (Wildman–Crippen LogP) is 0.167. The van der Waals surface area contributed by atoms with Gasteiger partial charge in [0.05, 0.1) is 6.54 Å². The molecule has 1 saturated heterocycles. The molecule has 0 aliphatic carbocycles. The van der Waals surface area contributed by atoms with Gasteiger partial charge in [0.2, 0.25) is 5.60 Å². The van der Waals surface area contributed by atoms with Crippen LogP contribution in [-0.2, 0) is 16.1 Å². The topological polar surface area (TPSA) is 87.5 Å². The SMILES string of the molecule is O=C(NCCn1cccn1)C1(O)CCN(c2ccccc2)C1=O. The van der Waals surface area contributed by atoms with E-state index in [9.17, 15) is 14.7 Å². The molecule has 0 bridgehead atoms. The molecule has 2 amide bonds. The zero-order chi connectivity index (χ0) is 16.3. The second-order valence-electron chi connectivity index (χ2n) is 5.43. The Morgan fingerprint density at radius 1 is 1.30 bits per heavy atom. The lowest BCUT2D eigenvalue weighted by atomic mass is 10.0. The lowest BCUT2D eigenvalue weighted by molar-refractivity contribution is -0.149. The van der Waals surface area contributed by atoms with Gasteiger partial charge in [0.25, 0.3) is 11.8 Å². The standard InChI is InChI=1S/C16H18N4O3/c21-14(17-9-12-19-10-4-8-18-19)16(23)7-11-20(15(16)22)13-5-2-1-3-6-13/h1-6,8,10,23H,7,9,11-12H2,(H,17,21). The molecule has 0 radical (unpaired) electrons. The summed E-state index contributed by atoms with van der Waals surface area (Å²) in [5.74, 6) is -1.24. The maximum Gasteiger partial charge on any atom is 0.268 e. The Kier molecular flexibility index (Phi) is 4.12. The second-order valence-corrected chi connectivity index (χ2v) is 5.43. The second kappa shape index (κ2) is 6.21. The van der Waals surface area contributed by atoms with Crippen molar-refractivity contribution in [3.05, 3.63) is 48.8 Å². The van der Waals surface area contributed by atoms with Gasteiger partial charge >= 0.3 is 0 Å². The third-order valence-electron chi connectivity index (χ3n) is 3.93. The van der Waals surface area contributed by atoms with Gasteiger partial charge in [-0.15, -0.1) is 0 Å². The Morgan fingerprint density at radius 2 is 2.09 bits per heavy atom. The Morgan fingerprint density at radius 3 is 2.78 bits per heavy atom. The number of carbonyl (C=O) groups is 2. The van der Waals surface area contributed by atoms with Gasteiger partial charge in [0.1, 0.15) is 0 Å². The number of amides is 2. The Balaban J connectivity index is 1.62. The highest BCUT2D eigenvalue weighted by atomic mass is 16.3. The summed E-state index contributed by atoms with van der Waals surface area (Å²) in [6.45, 7) is 1.08. The van der Waals surface area contributed by atoms with Crippen LogP contribution >= 0.6 is 0 Å². The minimum atomic E-state index is -2.00. The van der Waals surface area contributed by atoms with Gasteiger partial charge in [-0.05, 0) is 18.2 Å². The van der Waals surface area contributed by atoms with Crippen molar-refractivity contribution in [2.75, 3.05) is 18.0 Å². The number of para-hydroxylation sites is 1. The van der Waals surface area contributed by atoms with Crippen molar-refractivity contribution in [3.63, 3.8) is 0 Å². The Bertz CT molecular complexity index is 687. The maximum atomic E-state index is 12.5. The summed E-state index contributed by atoms with van der Waals surface area (Å²) >= 11 is 0. The molecule has 7 heteroatoms. The summed E-state index contributed by atoms with van der Waals surface area (Å²) in [6, 6.07) is 10.8. The quantitative estimate of drug-likeness (QED) is 0.770. The molecule has 3 rings (SSSR count). The first kappa shape index (κ1) is 15.2. The molecule has 7 nitrogen and oxygen atoms in total. The summed E-state index contributed by atoms with van der Waals surface area (Å²) in [7, 11) is 0. The molecule has 2 N–H and O–H groups in total. The van der Waals surface area contributed by atoms with E-state index in [2.05, 4.69) is 10.4 Å². The molecule has 1 atom stereocenters. The number of nitrogens with zero attached hydrogens (tertiary/aromatic N) is 3. The fourth-order valence-corrected chi connectivity index (χ4v) is 2.63. The molecule has 2 aromatic rings. The van der Waals surface area contributed by atoms with E-state index < -0.39 is 17.4 Å². The van der Waals surface area contributed by atoms with Gasteiger partial charge < -0.3 is 15.3 Å². The number of anilines is 1. The number of carbonyl (C=O) groups excluding carboxylic acids is 2. The van der Waals surface area contributed by atoms with Crippen molar-refractivity contribution >= 4 is 17.5 Å². The fraction of sp³-hybridized carbons (Fsp3) is 0.312. The van der Waals surface area contributed by atoms with Crippen LogP contribution in [0.4, 0.5) is 5.69 Å². The van der Waals surface area contributed by atoms with Crippen LogP contribution < -0.4 is 10.2 Å². The molecule has 2 heterocycles. The van der Waals surface area contributed by atoms with Crippen LogP contribution in [0, 0.1) is 0 Å². The molecular weight excluding hydrogens is 296 g/mol. The number of hydrogen-bond donors (Lipinski definition) is 2. The fourth-order valence-electron chi connectivity index (χ4n) is 2.63. The Labute approximate surface area is 133 Å². The molecule has 23 heavy (non-hydrogen) atoms. The van der Waals surface area contributed by atoms with Crippen molar-refractivity contribution in [2.45, 2.75) is 18.6 Å². The maximum absolute atomic E-state index is 12.5. The van der Waals surface area contributed by atoms with Gasteiger partial charge in [-0.1, -0.05) is 18.2 Å². The van der Waals surface area contributed by atoms with Crippen LogP contribution in [0.2, 0.25) is 0 Å². The summed E-state index contributed by atoms with van der Waals surface area (Å²) in [5.41, 5.74) is -1.32. The first-order valence-corrected chi connectivity index (χ1v) is 7.46. The van der Waals surface area contributed by atoms with Gasteiger partial charge in [-0.2, -0.15) is 5.10 Å². The molecule has 1 unspecified atom stereocenters. The first-order chi connectivity index (χ1) is 11.1. The lowest BCUT2D eigenvalue weighted by Gasteiger charge is -2.21. The number of hydrogen-bond acceptors (Lipinski definition) is 4. The van der Waals surface area contributed by atoms with Crippen molar-refractivity contribution < 1.29 is 14.7 Å². The molecule has 0 saturated carbocycles. The zero-order valence-corrected chi connectivity index (χ0v) is 12.6. The molecule has 120 valence electrons. The number of benzene rings is 1. The lowest BCUT2D eigenvalue weighted by Crippen LogP contribution is -2.53. The van der Waals surface area contributed by atoms with Crippen LogP contribution in [0.5, 0.6) is 0 Å². The molecule has 1 aliphatic heterocycles. The van der Waals surface area contributed by atoms with Gasteiger partial charge in [0, 0.05) is 37.6 Å². The van der Waals surface area contributed by atoms with E-state index in [4.69, 9.17) is 0 Å². The van der Waals surface area contributed by atoms with E-state index in [0.29, 0.717) is 25.3 Å². The van der Waals surface area contributed by atoms with Crippen LogP contribution in [0.15, 0.2) is 48.8 Å². The third-order valence-corrected chi connectivity index (χ3v) is 3.93. The summed E-state index contributed by atoms with van der Waals surface area (Å²) in [6.07, 6.45) is 3.50. The molecule has 0 spiro atoms. The third kappa shape index (κ3) is 2.95. The number of rotatable bonds is 5. The van der Waals surface area contributed by atoms with E-state index in [-0.39, 0.29) is 6.42 Å². The molecular formula is C16H18N4O3. The molecule has 1 aliphatic rings. The van der Waals surface area contributed by atoms with E-state index in [1.54, 1.807) is 35.3 Å². The average Bonchev–Trinajstić information content (AvgIpc) is 3.18. The van der Waals surface area contributed by atoms with Crippen molar-refractivity contribution in [1.29, 1.82) is 0 Å². The first-order valence-electron chi connectivity index (χ1n) is 7.46. The highest BCUT2D eigenvalue weighted by Crippen LogP contribution is 2.28. The van der Waals surface area contributed by atoms with Gasteiger partial charge in [-0.25, -0.2) is 0 Å². The smallest absolute Gasteiger partial charge is 0.268 e. The van der Waals surface area contributed by atoms with Gasteiger partial charge in [0.15, 0.2) is 0 Å². The average molecular weight is 314 g/mol. The normalized spacial score (nSPS) is 20.7. The Hall–Kier alpha value is -2.67. The highest BCUT2D eigenvalue weighted by Gasteiger charge is 2.51. The minimum absolute atomic E-state index is 0.0777. The zero-order valence-electron chi connectivity index (χ0n) is 12.6. The van der Waals surface area contributed by atoms with E-state index in [1.807, 2.05) is 18.2 Å². The largest absolute Gasteiger partial charge is 0.372 e. The van der Waals surface area contributed by atoms with Crippen LogP contribution in [0.25, 0.3) is 0 Å². The van der Waals surface area contributed by atoms with Crippen LogP contribution in [0.3, 0.4) is 0 Å². The van der Waals surface area contributed by atoms with Crippen molar-refractivity contribution in [3.8, 4) is 0 Å². The molecule has 1 aromatic heterocycles. The van der Waals surface area contributed by atoms with Crippen LogP contribution in [0.1, 0.15) is 6.42 Å². The van der Waals surface area contributed by atoms with Crippen LogP contribution in [-0.4, -0.2) is 45.4 Å². The number of nitrogens with one attached hydrogen (secondary N) is 1.